The molecular weight excluding hydrogens is 208 g/mol. The van der Waals surface area contributed by atoms with Crippen LogP contribution in [0, 0.1) is 0 Å². The molecule has 5 nitrogen and oxygen atoms in total. The van der Waals surface area contributed by atoms with Crippen LogP contribution in [-0.2, 0) is 0 Å². The van der Waals surface area contributed by atoms with Crippen molar-refractivity contribution >= 4 is 16.8 Å². The van der Waals surface area contributed by atoms with Crippen LogP contribution in [0.1, 0.15) is 19.8 Å². The quantitative estimate of drug-likeness (QED) is 0.611. The molecule has 0 saturated carbocycles. The lowest BCUT2D eigenvalue weighted by atomic mass is 10.2. The van der Waals surface area contributed by atoms with E-state index in [0.717, 1.165) is 12.8 Å². The van der Waals surface area contributed by atoms with Gasteiger partial charge in [0.2, 0.25) is 0 Å². The van der Waals surface area contributed by atoms with Crippen LogP contribution in [0.25, 0.3) is 11.1 Å². The Kier molecular flexibility index (Phi) is 2.85. The van der Waals surface area contributed by atoms with Crippen molar-refractivity contribution in [3.05, 3.63) is 22.7 Å². The van der Waals surface area contributed by atoms with E-state index in [2.05, 4.69) is 11.9 Å². The molecule has 2 rings (SSSR count). The molecule has 0 spiro atoms. The molecule has 0 aliphatic carbocycles. The summed E-state index contributed by atoms with van der Waals surface area (Å²) >= 11 is 0. The van der Waals surface area contributed by atoms with E-state index in [9.17, 15) is 4.79 Å². The summed E-state index contributed by atoms with van der Waals surface area (Å²) in [6.07, 6.45) is 2.03. The van der Waals surface area contributed by atoms with Gasteiger partial charge in [0.1, 0.15) is 5.75 Å². The second-order valence-electron chi connectivity index (χ2n) is 3.60. The lowest BCUT2D eigenvalue weighted by molar-refractivity contribution is 0.311. The summed E-state index contributed by atoms with van der Waals surface area (Å²) in [7, 11) is 0. The summed E-state index contributed by atoms with van der Waals surface area (Å²) in [5.41, 5.74) is 7.31. The Labute approximate surface area is 92.2 Å². The van der Waals surface area contributed by atoms with Gasteiger partial charge in [-0.2, -0.15) is 0 Å². The minimum absolute atomic E-state index is 0.449. The largest absolute Gasteiger partial charge is 0.491 e. The van der Waals surface area contributed by atoms with Crippen molar-refractivity contribution in [3.8, 4) is 5.75 Å². The molecule has 16 heavy (non-hydrogen) atoms. The molecule has 2 aromatic rings. The minimum atomic E-state index is -0.486. The van der Waals surface area contributed by atoms with E-state index in [1.807, 2.05) is 0 Å². The first-order valence-electron chi connectivity index (χ1n) is 5.26. The highest BCUT2D eigenvalue weighted by molar-refractivity contribution is 5.80. The number of oxazole rings is 1. The van der Waals surface area contributed by atoms with Crippen LogP contribution in [0.2, 0.25) is 0 Å². The van der Waals surface area contributed by atoms with Gasteiger partial charge in [-0.25, -0.2) is 4.79 Å². The maximum absolute atomic E-state index is 11.0. The molecule has 0 unspecified atom stereocenters. The SMILES string of the molecule is CCCCOc1cc2[nH]c(=O)oc2cc1N. The molecule has 1 aromatic heterocycles. The zero-order chi connectivity index (χ0) is 11.5. The van der Waals surface area contributed by atoms with Gasteiger partial charge in [0.15, 0.2) is 5.58 Å². The van der Waals surface area contributed by atoms with Crippen molar-refractivity contribution in [3.63, 3.8) is 0 Å². The van der Waals surface area contributed by atoms with Gasteiger partial charge in [0, 0.05) is 12.1 Å². The van der Waals surface area contributed by atoms with E-state index in [0.29, 0.717) is 29.1 Å². The molecule has 0 bridgehead atoms. The number of nitrogen functional groups attached to an aromatic ring is 1. The van der Waals surface area contributed by atoms with E-state index in [4.69, 9.17) is 14.9 Å². The predicted molar refractivity (Wildman–Crippen MR) is 61.7 cm³/mol. The van der Waals surface area contributed by atoms with E-state index >= 15 is 0 Å². The van der Waals surface area contributed by atoms with Gasteiger partial charge in [-0.1, -0.05) is 13.3 Å². The molecule has 0 radical (unpaired) electrons. The Morgan fingerprint density at radius 2 is 2.31 bits per heavy atom. The van der Waals surface area contributed by atoms with Crippen molar-refractivity contribution in [2.45, 2.75) is 19.8 Å². The molecule has 0 aliphatic heterocycles. The highest BCUT2D eigenvalue weighted by Crippen LogP contribution is 2.26. The number of rotatable bonds is 4. The monoisotopic (exact) mass is 222 g/mol. The van der Waals surface area contributed by atoms with Crippen molar-refractivity contribution < 1.29 is 9.15 Å². The number of hydrogen-bond donors (Lipinski definition) is 2. The van der Waals surface area contributed by atoms with Crippen LogP contribution in [0.3, 0.4) is 0 Å². The number of nitrogens with one attached hydrogen (secondary N) is 1. The van der Waals surface area contributed by atoms with Crippen LogP contribution in [0.4, 0.5) is 5.69 Å². The highest BCUT2D eigenvalue weighted by Gasteiger charge is 2.07. The van der Waals surface area contributed by atoms with E-state index in [1.54, 1.807) is 12.1 Å². The number of H-pyrrole nitrogens is 1. The number of unbranched alkanes of at least 4 members (excludes halogenated alkanes) is 1. The second-order valence-corrected chi connectivity index (χ2v) is 3.60. The van der Waals surface area contributed by atoms with E-state index in [1.165, 1.54) is 0 Å². The summed E-state index contributed by atoms with van der Waals surface area (Å²) in [4.78, 5) is 13.5. The third kappa shape index (κ3) is 2.03. The minimum Gasteiger partial charge on any atom is -0.491 e. The third-order valence-electron chi connectivity index (χ3n) is 2.31. The average Bonchev–Trinajstić information content (AvgIpc) is 2.58. The van der Waals surface area contributed by atoms with Crippen molar-refractivity contribution in [2.24, 2.45) is 0 Å². The molecule has 0 aliphatic rings. The predicted octanol–water partition coefficient (Wildman–Crippen LogP) is 1.88. The van der Waals surface area contributed by atoms with Crippen LogP contribution in [-0.4, -0.2) is 11.6 Å². The molecule has 3 N–H and O–H groups in total. The van der Waals surface area contributed by atoms with Crippen LogP contribution < -0.4 is 16.2 Å². The number of aromatic amines is 1. The van der Waals surface area contributed by atoms with Gasteiger partial charge in [-0.3, -0.25) is 4.98 Å². The molecule has 0 amide bonds. The van der Waals surface area contributed by atoms with Gasteiger partial charge >= 0.3 is 5.76 Å². The summed E-state index contributed by atoms with van der Waals surface area (Å²) in [6, 6.07) is 3.28. The number of anilines is 1. The van der Waals surface area contributed by atoms with Crippen molar-refractivity contribution in [2.75, 3.05) is 12.3 Å². The highest BCUT2D eigenvalue weighted by atomic mass is 16.5. The maximum Gasteiger partial charge on any atom is 0.417 e. The molecule has 0 atom stereocenters. The normalized spacial score (nSPS) is 10.8. The first-order chi connectivity index (χ1) is 7.70. The standard InChI is InChI=1S/C11H14N2O3/c1-2-3-4-15-9-6-8-10(5-7(9)12)16-11(14)13-8/h5-6H,2-4,12H2,1H3,(H,13,14). The fraction of sp³-hybridized carbons (Fsp3) is 0.364. The molecule has 1 heterocycles. The Balaban J connectivity index is 2.30. The topological polar surface area (TPSA) is 81.2 Å². The Morgan fingerprint density at radius 1 is 1.50 bits per heavy atom. The van der Waals surface area contributed by atoms with Gasteiger partial charge in [-0.15, -0.1) is 0 Å². The smallest absolute Gasteiger partial charge is 0.417 e. The lowest BCUT2D eigenvalue weighted by Gasteiger charge is -2.07. The summed E-state index contributed by atoms with van der Waals surface area (Å²) in [5.74, 6) is 0.0955. The second kappa shape index (κ2) is 4.30. The number of aromatic nitrogens is 1. The molecule has 0 fully saturated rings. The molecule has 86 valence electrons. The van der Waals surface area contributed by atoms with Gasteiger partial charge < -0.3 is 14.9 Å². The third-order valence-corrected chi connectivity index (χ3v) is 2.31. The maximum atomic E-state index is 11.0. The van der Waals surface area contributed by atoms with Crippen molar-refractivity contribution in [1.29, 1.82) is 0 Å². The van der Waals surface area contributed by atoms with Crippen LogP contribution >= 0.6 is 0 Å². The van der Waals surface area contributed by atoms with Crippen molar-refractivity contribution in [1.82, 2.24) is 4.98 Å². The number of fused-ring (bicyclic) bond motifs is 1. The van der Waals surface area contributed by atoms with Crippen LogP contribution in [0.5, 0.6) is 5.75 Å². The van der Waals surface area contributed by atoms with Gasteiger partial charge in [0.25, 0.3) is 0 Å². The van der Waals surface area contributed by atoms with E-state index in [-0.39, 0.29) is 0 Å². The summed E-state index contributed by atoms with van der Waals surface area (Å²) in [6.45, 7) is 2.71. The van der Waals surface area contributed by atoms with Gasteiger partial charge in [-0.05, 0) is 6.42 Å². The number of benzene rings is 1. The fourth-order valence-corrected chi connectivity index (χ4v) is 1.44. The Morgan fingerprint density at radius 3 is 3.06 bits per heavy atom. The first-order valence-corrected chi connectivity index (χ1v) is 5.26. The molecule has 0 saturated heterocycles. The average molecular weight is 222 g/mol. The summed E-state index contributed by atoms with van der Waals surface area (Å²) in [5, 5.41) is 0. The van der Waals surface area contributed by atoms with Crippen LogP contribution in [0.15, 0.2) is 21.3 Å². The Bertz CT molecular complexity index is 542. The fourth-order valence-electron chi connectivity index (χ4n) is 1.44. The summed E-state index contributed by atoms with van der Waals surface area (Å²) < 4.78 is 10.4. The molecule has 1 aromatic carbocycles. The molecular formula is C11H14N2O3. The Hall–Kier alpha value is -1.91. The van der Waals surface area contributed by atoms with Gasteiger partial charge in [0.05, 0.1) is 17.8 Å². The number of nitrogens with two attached hydrogens (primary N) is 1. The lowest BCUT2D eigenvalue weighted by Crippen LogP contribution is -1.99. The van der Waals surface area contributed by atoms with E-state index < -0.39 is 5.76 Å². The zero-order valence-electron chi connectivity index (χ0n) is 9.08. The first kappa shape index (κ1) is 10.6. The number of hydrogen-bond acceptors (Lipinski definition) is 4. The molecule has 5 heteroatoms. The zero-order valence-corrected chi connectivity index (χ0v) is 9.08. The number of ether oxygens (including phenoxy) is 1.